The van der Waals surface area contributed by atoms with E-state index in [1.807, 2.05) is 30.3 Å². The molecule has 1 heterocycles. The summed E-state index contributed by atoms with van der Waals surface area (Å²) in [5, 5.41) is 3.40. The van der Waals surface area contributed by atoms with Crippen molar-refractivity contribution in [3.05, 3.63) is 59.1 Å². The van der Waals surface area contributed by atoms with Gasteiger partial charge >= 0.3 is 0 Å². The third kappa shape index (κ3) is 6.21. The molecule has 1 atom stereocenters. The fraction of sp³-hybridized carbons (Fsp3) is 0.435. The maximum Gasteiger partial charge on any atom is 0.242 e. The third-order valence-electron chi connectivity index (χ3n) is 5.45. The number of rotatable bonds is 8. The molecule has 1 saturated heterocycles. The molecule has 1 N–H and O–H groups in total. The Bertz CT molecular complexity index is 998. The number of hydrogen-bond donors (Lipinski definition) is 1. The van der Waals surface area contributed by atoms with Gasteiger partial charge in [-0.3, -0.25) is 4.79 Å². The number of sulfonamides is 1. The minimum atomic E-state index is -3.43. The summed E-state index contributed by atoms with van der Waals surface area (Å²) in [5.41, 5.74) is 2.66. The van der Waals surface area contributed by atoms with Crippen LogP contribution in [0.15, 0.2) is 48.5 Å². The summed E-state index contributed by atoms with van der Waals surface area (Å²) in [7, 11) is -3.43. The predicted octanol–water partition coefficient (Wildman–Crippen LogP) is 4.51. The Morgan fingerprint density at radius 3 is 2.58 bits per heavy atom. The molecular formula is C23H30ClN3O3S. The summed E-state index contributed by atoms with van der Waals surface area (Å²) in [5.74, 6) is -0.316. The van der Waals surface area contributed by atoms with E-state index in [4.69, 9.17) is 11.6 Å². The Balaban J connectivity index is 1.75. The van der Waals surface area contributed by atoms with Gasteiger partial charge in [0.25, 0.3) is 0 Å². The first-order chi connectivity index (χ1) is 14.8. The molecule has 0 aliphatic carbocycles. The minimum Gasteiger partial charge on any atom is -0.366 e. The molecule has 1 aliphatic rings. The van der Waals surface area contributed by atoms with E-state index in [9.17, 15) is 13.2 Å². The van der Waals surface area contributed by atoms with E-state index in [2.05, 4.69) is 29.3 Å². The van der Waals surface area contributed by atoms with Crippen molar-refractivity contribution in [2.24, 2.45) is 0 Å². The molecule has 1 amide bonds. The van der Waals surface area contributed by atoms with Crippen LogP contribution in [0.3, 0.4) is 0 Å². The first-order valence-electron chi connectivity index (χ1n) is 10.7. The normalized spacial score (nSPS) is 17.3. The third-order valence-corrected chi connectivity index (χ3v) is 7.04. The van der Waals surface area contributed by atoms with Gasteiger partial charge in [-0.1, -0.05) is 55.3 Å². The average molecular weight is 464 g/mol. The van der Waals surface area contributed by atoms with Crippen LogP contribution in [0, 0.1) is 0 Å². The van der Waals surface area contributed by atoms with Crippen molar-refractivity contribution in [3.63, 3.8) is 0 Å². The van der Waals surface area contributed by atoms with Gasteiger partial charge in [0.05, 0.1) is 17.0 Å². The van der Waals surface area contributed by atoms with Crippen LogP contribution in [0.25, 0.3) is 0 Å². The van der Waals surface area contributed by atoms with Crippen LogP contribution in [-0.2, 0) is 21.4 Å². The van der Waals surface area contributed by atoms with Crippen LogP contribution < -0.4 is 10.2 Å². The Hall–Kier alpha value is -2.09. The molecule has 1 fully saturated rings. The van der Waals surface area contributed by atoms with Crippen molar-refractivity contribution < 1.29 is 13.2 Å². The molecule has 0 spiro atoms. The lowest BCUT2D eigenvalue weighted by Crippen LogP contribution is -2.49. The predicted molar refractivity (Wildman–Crippen MR) is 127 cm³/mol. The maximum absolute atomic E-state index is 12.8. The second-order valence-corrected chi connectivity index (χ2v) is 10.3. The van der Waals surface area contributed by atoms with Crippen molar-refractivity contribution in [1.82, 2.24) is 4.31 Å². The summed E-state index contributed by atoms with van der Waals surface area (Å²) in [6.45, 7) is 4.09. The highest BCUT2D eigenvalue weighted by Gasteiger charge is 2.34. The fourth-order valence-corrected chi connectivity index (χ4v) is 5.41. The highest BCUT2D eigenvalue weighted by atomic mass is 35.5. The van der Waals surface area contributed by atoms with Gasteiger partial charge in [0.1, 0.15) is 6.04 Å². The molecule has 3 rings (SSSR count). The van der Waals surface area contributed by atoms with Crippen molar-refractivity contribution in [2.75, 3.05) is 29.6 Å². The zero-order valence-electron chi connectivity index (χ0n) is 18.1. The van der Waals surface area contributed by atoms with Gasteiger partial charge in [-0.15, -0.1) is 0 Å². The number of carbonyl (C=O) groups excluding carboxylic acids is 1. The van der Waals surface area contributed by atoms with Crippen LogP contribution in [-0.4, -0.2) is 44.0 Å². The summed E-state index contributed by atoms with van der Waals surface area (Å²) < 4.78 is 25.4. The standard InChI is InChI=1S/C23H30ClN3O3S/c1-3-14-26(17-18-9-5-4-6-10-18)21-13-12-19(16-20(21)24)25-23(28)22-11-7-8-15-27(22)31(2,29)30/h4-6,9-10,12-13,16,22H,3,7-8,11,14-15,17H2,1-2H3,(H,25,28)/t22-/m1/s1. The Kier molecular flexibility index (Phi) is 7.97. The van der Waals surface area contributed by atoms with Gasteiger partial charge in [0.2, 0.25) is 15.9 Å². The topological polar surface area (TPSA) is 69.7 Å². The Morgan fingerprint density at radius 2 is 1.94 bits per heavy atom. The van der Waals surface area contributed by atoms with E-state index in [0.717, 1.165) is 44.3 Å². The molecule has 2 aromatic rings. The van der Waals surface area contributed by atoms with E-state index in [-0.39, 0.29) is 5.91 Å². The molecule has 0 saturated carbocycles. The van der Waals surface area contributed by atoms with E-state index >= 15 is 0 Å². The number of piperidine rings is 1. The lowest BCUT2D eigenvalue weighted by atomic mass is 10.0. The number of carbonyl (C=O) groups is 1. The summed E-state index contributed by atoms with van der Waals surface area (Å²) >= 11 is 6.60. The molecule has 31 heavy (non-hydrogen) atoms. The van der Waals surface area contributed by atoms with E-state index in [1.54, 1.807) is 6.07 Å². The average Bonchev–Trinajstić information content (AvgIpc) is 2.74. The Labute approximate surface area is 190 Å². The minimum absolute atomic E-state index is 0.316. The number of anilines is 2. The number of nitrogens with zero attached hydrogens (tertiary/aromatic N) is 2. The quantitative estimate of drug-likeness (QED) is 0.625. The molecule has 8 heteroatoms. The molecule has 1 aliphatic heterocycles. The summed E-state index contributed by atoms with van der Waals surface area (Å²) in [6, 6.07) is 15.0. The van der Waals surface area contributed by atoms with E-state index < -0.39 is 16.1 Å². The van der Waals surface area contributed by atoms with Gasteiger partial charge in [0, 0.05) is 25.3 Å². The van der Waals surface area contributed by atoms with Crippen LogP contribution >= 0.6 is 11.6 Å². The highest BCUT2D eigenvalue weighted by Crippen LogP contribution is 2.31. The molecular weight excluding hydrogens is 434 g/mol. The number of benzene rings is 2. The van der Waals surface area contributed by atoms with Gasteiger partial charge in [-0.25, -0.2) is 8.42 Å². The number of nitrogens with one attached hydrogen (secondary N) is 1. The molecule has 0 unspecified atom stereocenters. The number of halogens is 1. The summed E-state index contributed by atoms with van der Waals surface area (Å²) in [6.07, 6.45) is 4.25. The van der Waals surface area contributed by atoms with Gasteiger partial charge < -0.3 is 10.2 Å². The molecule has 0 aromatic heterocycles. The summed E-state index contributed by atoms with van der Waals surface area (Å²) in [4.78, 5) is 15.0. The molecule has 6 nitrogen and oxygen atoms in total. The highest BCUT2D eigenvalue weighted by molar-refractivity contribution is 7.88. The smallest absolute Gasteiger partial charge is 0.242 e. The van der Waals surface area contributed by atoms with Crippen LogP contribution in [0.2, 0.25) is 5.02 Å². The maximum atomic E-state index is 12.8. The van der Waals surface area contributed by atoms with E-state index in [1.165, 1.54) is 9.87 Å². The second-order valence-electron chi connectivity index (χ2n) is 7.95. The Morgan fingerprint density at radius 1 is 1.19 bits per heavy atom. The first-order valence-corrected chi connectivity index (χ1v) is 12.9. The van der Waals surface area contributed by atoms with Crippen molar-refractivity contribution >= 4 is 38.9 Å². The SMILES string of the molecule is CCCN(Cc1ccccc1)c1ccc(NC(=O)[C@H]2CCCCN2S(C)(=O)=O)cc1Cl. The molecule has 2 aromatic carbocycles. The lowest BCUT2D eigenvalue weighted by Gasteiger charge is -2.32. The van der Waals surface area contributed by atoms with Gasteiger partial charge in [0.15, 0.2) is 0 Å². The van der Waals surface area contributed by atoms with Crippen molar-refractivity contribution in [3.8, 4) is 0 Å². The first kappa shape index (κ1) is 23.6. The van der Waals surface area contributed by atoms with Gasteiger partial charge in [-0.2, -0.15) is 4.31 Å². The number of hydrogen-bond acceptors (Lipinski definition) is 4. The number of amides is 1. The van der Waals surface area contributed by atoms with Gasteiger partial charge in [-0.05, 0) is 43.0 Å². The van der Waals surface area contributed by atoms with Crippen molar-refractivity contribution in [2.45, 2.75) is 45.2 Å². The zero-order chi connectivity index (χ0) is 22.4. The zero-order valence-corrected chi connectivity index (χ0v) is 19.6. The molecule has 168 valence electrons. The molecule has 0 bridgehead atoms. The second kappa shape index (κ2) is 10.5. The molecule has 0 radical (unpaired) electrons. The van der Waals surface area contributed by atoms with Crippen LogP contribution in [0.5, 0.6) is 0 Å². The van der Waals surface area contributed by atoms with E-state index in [0.29, 0.717) is 23.7 Å². The fourth-order valence-electron chi connectivity index (χ4n) is 3.99. The monoisotopic (exact) mass is 463 g/mol. The van der Waals surface area contributed by atoms with Crippen molar-refractivity contribution in [1.29, 1.82) is 0 Å². The largest absolute Gasteiger partial charge is 0.366 e. The van der Waals surface area contributed by atoms with Crippen LogP contribution in [0.4, 0.5) is 11.4 Å². The van der Waals surface area contributed by atoms with Crippen LogP contribution in [0.1, 0.15) is 38.2 Å². The lowest BCUT2D eigenvalue weighted by molar-refractivity contribution is -0.120.